The largest absolute Gasteiger partial charge is 0.393 e. The third kappa shape index (κ3) is 2.08. The molecule has 0 heterocycles. The summed E-state index contributed by atoms with van der Waals surface area (Å²) >= 11 is 0. The molecule has 4 saturated carbocycles. The first-order valence-electron chi connectivity index (χ1n) is 10.2. The van der Waals surface area contributed by atoms with Crippen LogP contribution in [0.2, 0.25) is 0 Å². The molecule has 0 saturated heterocycles. The van der Waals surface area contributed by atoms with Gasteiger partial charge in [-0.1, -0.05) is 13.8 Å². The molecule has 0 aromatic carbocycles. The van der Waals surface area contributed by atoms with Crippen LogP contribution in [0.25, 0.3) is 0 Å². The minimum absolute atomic E-state index is 0.0151. The average Bonchev–Trinajstić information content (AvgIpc) is 2.87. The monoisotopic (exact) mass is 364 g/mol. The first kappa shape index (κ1) is 18.6. The van der Waals surface area contributed by atoms with Crippen LogP contribution >= 0.6 is 0 Å². The van der Waals surface area contributed by atoms with E-state index in [4.69, 9.17) is 0 Å². The molecule has 0 spiro atoms. The standard InChI is InChI=1S/C21H32O5/c1-11(22)21(26)9-6-14-16-13(5-8-20(14,21)3)19(2)7-4-12(23)10-15(19)17(24)18(16)25/h12-16,18,23,25-26H,4-10H2,1-3H3/t12-,13+,14+,15-,16-,18-,19-,20+,21+/m1/s1. The summed E-state index contributed by atoms with van der Waals surface area (Å²) in [5.41, 5.74) is -2.11. The lowest BCUT2D eigenvalue weighted by Gasteiger charge is -2.61. The highest BCUT2D eigenvalue weighted by molar-refractivity contribution is 5.88. The molecule has 9 atom stereocenters. The van der Waals surface area contributed by atoms with Crippen molar-refractivity contribution in [3.05, 3.63) is 0 Å². The van der Waals surface area contributed by atoms with E-state index in [0.29, 0.717) is 25.7 Å². The lowest BCUT2D eigenvalue weighted by atomic mass is 9.43. The Morgan fingerprint density at radius 2 is 1.69 bits per heavy atom. The number of hydrogen-bond donors (Lipinski definition) is 3. The molecule has 3 N–H and O–H groups in total. The highest BCUT2D eigenvalue weighted by Crippen LogP contribution is 2.67. The Hall–Kier alpha value is -0.780. The van der Waals surface area contributed by atoms with Crippen LogP contribution in [0.3, 0.4) is 0 Å². The number of Topliss-reactive ketones (excluding diaryl/α,β-unsaturated/α-hetero) is 2. The fourth-order valence-corrected chi connectivity index (χ4v) is 7.59. The normalized spacial score (nSPS) is 56.5. The van der Waals surface area contributed by atoms with Gasteiger partial charge < -0.3 is 15.3 Å². The van der Waals surface area contributed by atoms with Gasteiger partial charge in [0.15, 0.2) is 11.6 Å². The van der Waals surface area contributed by atoms with Crippen molar-refractivity contribution in [2.45, 2.75) is 83.5 Å². The summed E-state index contributed by atoms with van der Waals surface area (Å²) in [7, 11) is 0. The Morgan fingerprint density at radius 3 is 2.35 bits per heavy atom. The van der Waals surface area contributed by atoms with Crippen molar-refractivity contribution in [3.63, 3.8) is 0 Å². The van der Waals surface area contributed by atoms with Gasteiger partial charge in [-0.3, -0.25) is 9.59 Å². The molecule has 0 radical (unpaired) electrons. The number of aliphatic hydroxyl groups excluding tert-OH is 2. The Balaban J connectivity index is 1.74. The Morgan fingerprint density at radius 1 is 1.04 bits per heavy atom. The van der Waals surface area contributed by atoms with E-state index in [-0.39, 0.29) is 40.7 Å². The zero-order chi connectivity index (χ0) is 19.1. The fourth-order valence-electron chi connectivity index (χ4n) is 7.59. The molecule has 5 nitrogen and oxygen atoms in total. The third-order valence-corrected chi connectivity index (χ3v) is 9.23. The van der Waals surface area contributed by atoms with Crippen LogP contribution in [0.15, 0.2) is 0 Å². The maximum absolute atomic E-state index is 13.1. The number of rotatable bonds is 1. The molecule has 5 heteroatoms. The van der Waals surface area contributed by atoms with Gasteiger partial charge in [0.1, 0.15) is 11.7 Å². The summed E-state index contributed by atoms with van der Waals surface area (Å²) in [4.78, 5) is 25.3. The van der Waals surface area contributed by atoms with E-state index < -0.39 is 23.2 Å². The van der Waals surface area contributed by atoms with Crippen LogP contribution < -0.4 is 0 Å². The Labute approximate surface area is 155 Å². The summed E-state index contributed by atoms with van der Waals surface area (Å²) in [5, 5.41) is 32.2. The van der Waals surface area contributed by atoms with Gasteiger partial charge in [-0.05, 0) is 75.0 Å². The van der Waals surface area contributed by atoms with Crippen molar-refractivity contribution in [1.29, 1.82) is 0 Å². The van der Waals surface area contributed by atoms with E-state index in [0.717, 1.165) is 19.3 Å². The van der Waals surface area contributed by atoms with E-state index in [9.17, 15) is 24.9 Å². The van der Waals surface area contributed by atoms with Gasteiger partial charge in [0.2, 0.25) is 0 Å². The molecule has 0 aliphatic heterocycles. The number of ketones is 2. The summed E-state index contributed by atoms with van der Waals surface area (Å²) in [5.74, 6) is -0.595. The minimum atomic E-state index is -1.34. The van der Waals surface area contributed by atoms with E-state index in [2.05, 4.69) is 6.92 Å². The Kier molecular flexibility index (Phi) is 4.01. The van der Waals surface area contributed by atoms with Crippen LogP contribution in [0, 0.1) is 34.5 Å². The SMILES string of the molecule is CC(=O)[C@@]1(O)CC[C@H]2[C@@H]3[C@@H](O)C(=O)[C@H]4C[C@H](O)CC[C@]4(C)[C@H]3CC[C@@]21C. The van der Waals surface area contributed by atoms with E-state index in [1.54, 1.807) is 0 Å². The molecule has 4 aliphatic carbocycles. The molecule has 0 unspecified atom stereocenters. The third-order valence-electron chi connectivity index (χ3n) is 9.23. The summed E-state index contributed by atoms with van der Waals surface area (Å²) in [6.07, 6.45) is 3.15. The second-order valence-electron chi connectivity index (χ2n) is 10.0. The molecule has 26 heavy (non-hydrogen) atoms. The van der Waals surface area contributed by atoms with E-state index in [1.807, 2.05) is 6.92 Å². The number of fused-ring (bicyclic) bond motifs is 5. The molecule has 0 aromatic rings. The van der Waals surface area contributed by atoms with Gasteiger partial charge in [-0.25, -0.2) is 0 Å². The summed E-state index contributed by atoms with van der Waals surface area (Å²) in [6, 6.07) is 0. The zero-order valence-electron chi connectivity index (χ0n) is 16.1. The molecule has 0 bridgehead atoms. The van der Waals surface area contributed by atoms with Crippen molar-refractivity contribution in [3.8, 4) is 0 Å². The predicted octanol–water partition coefficient (Wildman–Crippen LogP) is 1.86. The summed E-state index contributed by atoms with van der Waals surface area (Å²) < 4.78 is 0. The molecule has 4 aliphatic rings. The fraction of sp³-hybridized carbons (Fsp3) is 0.905. The lowest BCUT2D eigenvalue weighted by Crippen LogP contribution is -2.64. The number of carbonyl (C=O) groups is 2. The second-order valence-corrected chi connectivity index (χ2v) is 10.0. The highest BCUT2D eigenvalue weighted by Gasteiger charge is 2.69. The number of aliphatic hydroxyl groups is 3. The first-order chi connectivity index (χ1) is 12.1. The van der Waals surface area contributed by atoms with Crippen molar-refractivity contribution >= 4 is 11.6 Å². The maximum Gasteiger partial charge on any atom is 0.165 e. The number of carbonyl (C=O) groups excluding carboxylic acids is 2. The smallest absolute Gasteiger partial charge is 0.165 e. The molecular formula is C21H32O5. The Bertz CT molecular complexity index is 646. The molecule has 0 amide bonds. The molecular weight excluding hydrogens is 332 g/mol. The molecule has 0 aromatic heterocycles. The highest BCUT2D eigenvalue weighted by atomic mass is 16.3. The molecule has 4 fully saturated rings. The van der Waals surface area contributed by atoms with E-state index in [1.165, 1.54) is 6.92 Å². The van der Waals surface area contributed by atoms with Crippen LogP contribution in [-0.2, 0) is 9.59 Å². The van der Waals surface area contributed by atoms with Gasteiger partial charge >= 0.3 is 0 Å². The number of hydrogen-bond acceptors (Lipinski definition) is 5. The first-order valence-corrected chi connectivity index (χ1v) is 10.2. The molecule has 4 rings (SSSR count). The minimum Gasteiger partial charge on any atom is -0.393 e. The summed E-state index contributed by atoms with van der Waals surface area (Å²) in [6.45, 7) is 5.61. The van der Waals surface area contributed by atoms with Crippen LogP contribution in [0.5, 0.6) is 0 Å². The van der Waals surface area contributed by atoms with Gasteiger partial charge in [0, 0.05) is 11.3 Å². The molecule has 146 valence electrons. The van der Waals surface area contributed by atoms with Crippen LogP contribution in [0.1, 0.15) is 65.7 Å². The zero-order valence-corrected chi connectivity index (χ0v) is 16.1. The van der Waals surface area contributed by atoms with Gasteiger partial charge in [0.25, 0.3) is 0 Å². The quantitative estimate of drug-likeness (QED) is 0.660. The maximum atomic E-state index is 13.1. The van der Waals surface area contributed by atoms with Gasteiger partial charge in [-0.15, -0.1) is 0 Å². The van der Waals surface area contributed by atoms with Crippen molar-refractivity contribution < 1.29 is 24.9 Å². The second kappa shape index (κ2) is 5.62. The van der Waals surface area contributed by atoms with E-state index >= 15 is 0 Å². The topological polar surface area (TPSA) is 94.8 Å². The predicted molar refractivity (Wildman–Crippen MR) is 95.1 cm³/mol. The van der Waals surface area contributed by atoms with Crippen molar-refractivity contribution in [1.82, 2.24) is 0 Å². The lowest BCUT2D eigenvalue weighted by molar-refractivity contribution is -0.195. The van der Waals surface area contributed by atoms with Gasteiger partial charge in [-0.2, -0.15) is 0 Å². The van der Waals surface area contributed by atoms with Crippen molar-refractivity contribution in [2.75, 3.05) is 0 Å². The van der Waals surface area contributed by atoms with Crippen molar-refractivity contribution in [2.24, 2.45) is 34.5 Å². The van der Waals surface area contributed by atoms with Crippen LogP contribution in [0.4, 0.5) is 0 Å². The van der Waals surface area contributed by atoms with Crippen LogP contribution in [-0.4, -0.2) is 44.7 Å². The average molecular weight is 364 g/mol. The van der Waals surface area contributed by atoms with Gasteiger partial charge in [0.05, 0.1) is 6.10 Å².